The van der Waals surface area contributed by atoms with Crippen molar-refractivity contribution in [3.63, 3.8) is 0 Å². The van der Waals surface area contributed by atoms with Gasteiger partial charge in [-0.25, -0.2) is 0 Å². The summed E-state index contributed by atoms with van der Waals surface area (Å²) in [5, 5.41) is 12.4. The molecule has 24 heavy (non-hydrogen) atoms. The maximum atomic E-state index is 5.24. The van der Waals surface area contributed by atoms with E-state index < -0.39 is 0 Å². The molecule has 0 aliphatic heterocycles. The van der Waals surface area contributed by atoms with Crippen molar-refractivity contribution >= 4 is 33.9 Å². The zero-order valence-electron chi connectivity index (χ0n) is 13.4. The van der Waals surface area contributed by atoms with Crippen LogP contribution in [-0.2, 0) is 5.75 Å². The topological polar surface area (TPSA) is 56.3 Å². The highest BCUT2D eigenvalue weighted by molar-refractivity contribution is 8.00. The molecular formula is C17H17N3O2S2. The van der Waals surface area contributed by atoms with Crippen LogP contribution in [0.5, 0.6) is 11.5 Å². The van der Waals surface area contributed by atoms with E-state index >= 15 is 0 Å². The van der Waals surface area contributed by atoms with Crippen LogP contribution in [0.15, 0.2) is 52.9 Å². The van der Waals surface area contributed by atoms with Crippen molar-refractivity contribution in [2.24, 2.45) is 0 Å². The zero-order valence-corrected chi connectivity index (χ0v) is 15.0. The lowest BCUT2D eigenvalue weighted by molar-refractivity contribution is 0.414. The summed E-state index contributed by atoms with van der Waals surface area (Å²) in [4.78, 5) is 0. The quantitative estimate of drug-likeness (QED) is 0.623. The monoisotopic (exact) mass is 359 g/mol. The molecule has 3 rings (SSSR count). The Morgan fingerprint density at radius 3 is 2.54 bits per heavy atom. The van der Waals surface area contributed by atoms with E-state index in [9.17, 15) is 0 Å². The van der Waals surface area contributed by atoms with Crippen LogP contribution < -0.4 is 14.8 Å². The number of methoxy groups -OCH3 is 2. The maximum absolute atomic E-state index is 5.24. The Labute approximate surface area is 149 Å². The van der Waals surface area contributed by atoms with E-state index in [2.05, 4.69) is 21.6 Å². The first-order valence-corrected chi connectivity index (χ1v) is 9.07. The van der Waals surface area contributed by atoms with Gasteiger partial charge in [-0.1, -0.05) is 35.2 Å². The second kappa shape index (κ2) is 8.03. The molecule has 1 aromatic heterocycles. The fraction of sp³-hybridized carbons (Fsp3) is 0.176. The van der Waals surface area contributed by atoms with E-state index in [1.165, 1.54) is 16.9 Å². The van der Waals surface area contributed by atoms with E-state index in [1.54, 1.807) is 26.0 Å². The number of benzene rings is 2. The van der Waals surface area contributed by atoms with Gasteiger partial charge in [0.1, 0.15) is 11.5 Å². The highest BCUT2D eigenvalue weighted by atomic mass is 32.2. The van der Waals surface area contributed by atoms with E-state index in [4.69, 9.17) is 9.47 Å². The van der Waals surface area contributed by atoms with Gasteiger partial charge < -0.3 is 14.8 Å². The normalized spacial score (nSPS) is 10.4. The predicted molar refractivity (Wildman–Crippen MR) is 98.7 cm³/mol. The molecule has 0 amide bonds. The second-order valence-corrected chi connectivity index (χ2v) is 7.07. The summed E-state index contributed by atoms with van der Waals surface area (Å²) in [6.07, 6.45) is 0. The molecule has 0 aliphatic carbocycles. The predicted octanol–water partition coefficient (Wildman–Crippen LogP) is 4.59. The summed E-state index contributed by atoms with van der Waals surface area (Å²) in [7, 11) is 3.33. The summed E-state index contributed by atoms with van der Waals surface area (Å²) in [6, 6.07) is 15.7. The minimum Gasteiger partial charge on any atom is -0.497 e. The first-order valence-electron chi connectivity index (χ1n) is 7.27. The third-order valence-corrected chi connectivity index (χ3v) is 5.29. The molecule has 0 saturated carbocycles. The maximum Gasteiger partial charge on any atom is 0.210 e. The Morgan fingerprint density at radius 2 is 1.79 bits per heavy atom. The molecule has 7 heteroatoms. The van der Waals surface area contributed by atoms with Crippen molar-refractivity contribution in [1.82, 2.24) is 10.2 Å². The molecule has 0 spiro atoms. The Kier molecular flexibility index (Phi) is 5.55. The minimum atomic E-state index is 0.772. The number of nitrogens with zero attached hydrogens (tertiary/aromatic N) is 2. The Morgan fingerprint density at radius 1 is 1.00 bits per heavy atom. The number of hydrogen-bond donors (Lipinski definition) is 1. The van der Waals surface area contributed by atoms with Gasteiger partial charge in [0.2, 0.25) is 5.13 Å². The number of thioether (sulfide) groups is 1. The number of hydrogen-bond acceptors (Lipinski definition) is 7. The highest BCUT2D eigenvalue weighted by Gasteiger charge is 2.06. The van der Waals surface area contributed by atoms with E-state index in [1.807, 2.05) is 42.5 Å². The number of rotatable bonds is 7. The molecule has 0 atom stereocenters. The summed E-state index contributed by atoms with van der Waals surface area (Å²) >= 11 is 3.19. The molecule has 0 fully saturated rings. The van der Waals surface area contributed by atoms with Crippen LogP contribution >= 0.6 is 23.1 Å². The molecule has 0 aliphatic rings. The van der Waals surface area contributed by atoms with Gasteiger partial charge in [0.25, 0.3) is 0 Å². The van der Waals surface area contributed by atoms with Crippen molar-refractivity contribution in [3.05, 3.63) is 54.1 Å². The van der Waals surface area contributed by atoms with Crippen LogP contribution in [0.3, 0.4) is 0 Å². The molecule has 1 N–H and O–H groups in total. The molecule has 2 aromatic carbocycles. The molecule has 0 unspecified atom stereocenters. The van der Waals surface area contributed by atoms with E-state index in [0.717, 1.165) is 32.4 Å². The molecule has 124 valence electrons. The SMILES string of the molecule is COc1ccc(Nc2nnc(SCc3cccc(OC)c3)s2)cc1. The van der Waals surface area contributed by atoms with Crippen LogP contribution in [0.25, 0.3) is 0 Å². The average Bonchev–Trinajstić information content (AvgIpc) is 3.08. The molecule has 0 radical (unpaired) electrons. The van der Waals surface area contributed by atoms with Crippen molar-refractivity contribution in [1.29, 1.82) is 0 Å². The van der Waals surface area contributed by atoms with Gasteiger partial charge in [0, 0.05) is 11.4 Å². The summed E-state index contributed by atoms with van der Waals surface area (Å²) in [6.45, 7) is 0. The van der Waals surface area contributed by atoms with E-state index in [0.29, 0.717) is 0 Å². The minimum absolute atomic E-state index is 0.772. The summed E-state index contributed by atoms with van der Waals surface area (Å²) in [5.41, 5.74) is 2.15. The van der Waals surface area contributed by atoms with Gasteiger partial charge in [0.15, 0.2) is 4.34 Å². The fourth-order valence-corrected chi connectivity index (χ4v) is 3.74. The number of aromatic nitrogens is 2. The molecule has 1 heterocycles. The van der Waals surface area contributed by atoms with Gasteiger partial charge >= 0.3 is 0 Å². The molecular weight excluding hydrogens is 342 g/mol. The van der Waals surface area contributed by atoms with Crippen LogP contribution in [0.4, 0.5) is 10.8 Å². The largest absolute Gasteiger partial charge is 0.497 e. The van der Waals surface area contributed by atoms with Gasteiger partial charge in [-0.05, 0) is 42.0 Å². The van der Waals surface area contributed by atoms with Gasteiger partial charge in [-0.15, -0.1) is 10.2 Å². The highest BCUT2D eigenvalue weighted by Crippen LogP contribution is 2.30. The summed E-state index contributed by atoms with van der Waals surface area (Å²) < 4.78 is 11.3. The van der Waals surface area contributed by atoms with Gasteiger partial charge in [-0.2, -0.15) is 0 Å². The third kappa shape index (κ3) is 4.39. The average molecular weight is 359 g/mol. The first kappa shape index (κ1) is 16.6. The standard InChI is InChI=1S/C17H17N3O2S2/c1-21-14-8-6-13(7-9-14)18-16-19-20-17(24-16)23-11-12-4-3-5-15(10-12)22-2/h3-10H,11H2,1-2H3,(H,18,19). The fourth-order valence-electron chi connectivity index (χ4n) is 2.02. The summed E-state index contributed by atoms with van der Waals surface area (Å²) in [5.74, 6) is 2.52. The number of ether oxygens (including phenoxy) is 2. The van der Waals surface area contributed by atoms with Gasteiger partial charge in [-0.3, -0.25) is 0 Å². The van der Waals surface area contributed by atoms with Crippen LogP contribution in [0.1, 0.15) is 5.56 Å². The zero-order chi connectivity index (χ0) is 16.8. The number of anilines is 2. The Bertz CT molecular complexity index is 791. The Hall–Kier alpha value is -2.25. The van der Waals surface area contributed by atoms with Crippen molar-refractivity contribution < 1.29 is 9.47 Å². The molecule has 3 aromatic rings. The first-order chi connectivity index (χ1) is 11.8. The third-order valence-electron chi connectivity index (χ3n) is 3.24. The lowest BCUT2D eigenvalue weighted by Crippen LogP contribution is -1.89. The smallest absolute Gasteiger partial charge is 0.210 e. The van der Waals surface area contributed by atoms with Crippen molar-refractivity contribution in [3.8, 4) is 11.5 Å². The second-order valence-electron chi connectivity index (χ2n) is 4.87. The van der Waals surface area contributed by atoms with Crippen LogP contribution in [0.2, 0.25) is 0 Å². The van der Waals surface area contributed by atoms with Crippen LogP contribution in [0, 0.1) is 0 Å². The molecule has 0 bridgehead atoms. The van der Waals surface area contributed by atoms with Crippen molar-refractivity contribution in [2.75, 3.05) is 19.5 Å². The molecule has 5 nitrogen and oxygen atoms in total. The molecule has 0 saturated heterocycles. The van der Waals surface area contributed by atoms with Gasteiger partial charge in [0.05, 0.1) is 14.2 Å². The number of nitrogens with one attached hydrogen (secondary N) is 1. The van der Waals surface area contributed by atoms with Crippen LogP contribution in [-0.4, -0.2) is 24.4 Å². The van der Waals surface area contributed by atoms with Crippen molar-refractivity contribution in [2.45, 2.75) is 10.1 Å². The van der Waals surface area contributed by atoms with E-state index in [-0.39, 0.29) is 0 Å². The lowest BCUT2D eigenvalue weighted by Gasteiger charge is -2.03. The Balaban J connectivity index is 1.58. The lowest BCUT2D eigenvalue weighted by atomic mass is 10.2.